The van der Waals surface area contributed by atoms with Crippen LogP contribution in [0.1, 0.15) is 63.9 Å². The fraction of sp³-hybridized carbons (Fsp3) is 0.476. The third-order valence-corrected chi connectivity index (χ3v) is 12.7. The summed E-state index contributed by atoms with van der Waals surface area (Å²) < 4.78 is 29.8. The first-order valence-corrected chi connectivity index (χ1v) is 23.3. The number of amides is 4. The van der Waals surface area contributed by atoms with Crippen molar-refractivity contribution in [3.05, 3.63) is 70.8 Å². The lowest BCUT2D eigenvalue weighted by atomic mass is 9.93. The number of nitrogens with one attached hydrogen (secondary N) is 1. The van der Waals surface area contributed by atoms with Gasteiger partial charge in [0.15, 0.2) is 23.0 Å². The summed E-state index contributed by atoms with van der Waals surface area (Å²) in [5, 5.41) is 2.91. The van der Waals surface area contributed by atoms with Crippen LogP contribution in [0, 0.1) is 0 Å². The Bertz CT molecular complexity index is 2000. The van der Waals surface area contributed by atoms with E-state index in [0.29, 0.717) is 104 Å². The Morgan fingerprint density at radius 1 is 0.750 bits per heavy atom. The van der Waals surface area contributed by atoms with Gasteiger partial charge in [-0.25, -0.2) is 0 Å². The number of methoxy groups -OCH3 is 2. The largest absolute Gasteiger partial charge is 0.493 e. The molecule has 4 aliphatic rings. The van der Waals surface area contributed by atoms with Crippen molar-refractivity contribution in [3.8, 4) is 23.0 Å². The minimum atomic E-state index is -1.37. The summed E-state index contributed by atoms with van der Waals surface area (Å²) in [7, 11) is 1.69. The van der Waals surface area contributed by atoms with E-state index in [0.717, 1.165) is 30.0 Å². The van der Waals surface area contributed by atoms with Gasteiger partial charge in [0.05, 0.1) is 49.9 Å². The maximum atomic E-state index is 14.3. The molecule has 1 saturated heterocycles. The number of hydrogen-bond acceptors (Lipinski definition) is 9. The van der Waals surface area contributed by atoms with Crippen molar-refractivity contribution in [2.24, 2.45) is 0 Å². The van der Waals surface area contributed by atoms with E-state index in [-0.39, 0.29) is 30.4 Å². The number of unbranched alkanes of at least 4 members (excludes halogenated alkanes) is 2. The van der Waals surface area contributed by atoms with Crippen LogP contribution in [0.25, 0.3) is 0 Å². The second kappa shape index (κ2) is 16.6. The van der Waals surface area contributed by atoms with E-state index in [1.54, 1.807) is 39.0 Å². The Morgan fingerprint density at radius 2 is 1.41 bits per heavy atom. The van der Waals surface area contributed by atoms with Gasteiger partial charge in [-0.2, -0.15) is 0 Å². The highest BCUT2D eigenvalue weighted by Gasteiger charge is 2.43. The van der Waals surface area contributed by atoms with Gasteiger partial charge in [0, 0.05) is 46.3 Å². The highest BCUT2D eigenvalue weighted by atomic mass is 28.3. The Balaban J connectivity index is 1.01. The summed E-state index contributed by atoms with van der Waals surface area (Å²) in [6.45, 7) is 9.03. The molecule has 4 amide bonds. The van der Waals surface area contributed by atoms with Gasteiger partial charge in [0.25, 0.3) is 17.7 Å². The molecule has 0 bridgehead atoms. The number of hydrogen-bond donors (Lipinski definition) is 1. The van der Waals surface area contributed by atoms with Crippen LogP contribution >= 0.6 is 0 Å². The molecular weight excluding hydrogens is 733 g/mol. The van der Waals surface area contributed by atoms with Gasteiger partial charge in [-0.1, -0.05) is 43.9 Å². The van der Waals surface area contributed by atoms with E-state index in [1.807, 2.05) is 24.3 Å². The molecule has 0 saturated carbocycles. The molecule has 0 aromatic heterocycles. The van der Waals surface area contributed by atoms with Crippen molar-refractivity contribution in [2.75, 3.05) is 57.5 Å². The van der Waals surface area contributed by atoms with E-state index in [9.17, 15) is 19.2 Å². The number of ether oxygens (including phenoxy) is 5. The zero-order chi connectivity index (χ0) is 39.6. The first-order valence-electron chi connectivity index (χ1n) is 19.6. The molecule has 0 radical (unpaired) electrons. The number of carbonyl (C=O) groups is 4. The molecular formula is C42H52N4O9Si. The van der Waals surface area contributed by atoms with Gasteiger partial charge in [-0.15, -0.1) is 0 Å². The Kier molecular flexibility index (Phi) is 11.6. The van der Waals surface area contributed by atoms with Crippen molar-refractivity contribution in [1.82, 2.24) is 9.80 Å². The van der Waals surface area contributed by atoms with Crippen molar-refractivity contribution in [1.29, 1.82) is 0 Å². The number of rotatable bonds is 15. The molecule has 4 heterocycles. The van der Waals surface area contributed by atoms with E-state index in [2.05, 4.69) is 25.0 Å². The number of fused-ring (bicyclic) bond motifs is 5. The standard InChI is InChI=1S/C42H52N4O9Si/c1-51-35-21-29-31(43-39(47)32-14-11-15-44(32)40(29)48)23-37(35)54-16-9-6-10-17-55-38-24-33-30(22-36(38)52-2)41(49)45-25-28-13-8-7-12-27(28)20-34(45)42(50)46(33)26-53-18-19-56(3,4)5/h7-8,12-13,21-24,32,34H,6,9-11,14-20,25-26H2,1-5H3,(H,43,47)/t32-,34-/m0/s1. The third-order valence-electron chi connectivity index (χ3n) is 11.0. The second-order valence-corrected chi connectivity index (χ2v) is 21.6. The van der Waals surface area contributed by atoms with Crippen LogP contribution < -0.4 is 29.2 Å². The lowest BCUT2D eigenvalue weighted by molar-refractivity contribution is -0.124. The van der Waals surface area contributed by atoms with Crippen molar-refractivity contribution in [2.45, 2.75) is 82.8 Å². The average Bonchev–Trinajstić information content (AvgIpc) is 3.64. The minimum absolute atomic E-state index is 0.0258. The van der Waals surface area contributed by atoms with Crippen LogP contribution in [0.2, 0.25) is 25.7 Å². The van der Waals surface area contributed by atoms with Crippen molar-refractivity contribution < 1.29 is 42.9 Å². The molecule has 4 aliphatic heterocycles. The Morgan fingerprint density at radius 3 is 2.11 bits per heavy atom. The SMILES string of the molecule is COc1cc2c(cc1OCCCCCOc1cc3c(cc1OC)C(=O)N1Cc4ccccc4C[C@H]1C(=O)N3COCC[Si](C)(C)C)NC(=O)[C@@H]1CCCN1C2=O. The van der Waals surface area contributed by atoms with E-state index >= 15 is 0 Å². The van der Waals surface area contributed by atoms with Crippen molar-refractivity contribution >= 4 is 43.1 Å². The normalized spacial score (nSPS) is 18.9. The van der Waals surface area contributed by atoms with Gasteiger partial charge in [-0.05, 0) is 61.4 Å². The number of carbonyl (C=O) groups excluding carboxylic acids is 4. The zero-order valence-electron chi connectivity index (χ0n) is 33.0. The molecule has 0 unspecified atom stereocenters. The van der Waals surface area contributed by atoms with Gasteiger partial charge in [0.2, 0.25) is 5.91 Å². The maximum Gasteiger partial charge on any atom is 0.257 e. The van der Waals surface area contributed by atoms with E-state index in [4.69, 9.17) is 23.7 Å². The fourth-order valence-electron chi connectivity index (χ4n) is 7.80. The van der Waals surface area contributed by atoms with Crippen LogP contribution in [0.15, 0.2) is 48.5 Å². The molecule has 14 heteroatoms. The smallest absolute Gasteiger partial charge is 0.257 e. The Hall–Kier alpha value is -5.08. The number of benzene rings is 3. The molecule has 7 rings (SSSR count). The van der Waals surface area contributed by atoms with Gasteiger partial charge in [-0.3, -0.25) is 24.1 Å². The minimum Gasteiger partial charge on any atom is -0.493 e. The summed E-state index contributed by atoms with van der Waals surface area (Å²) >= 11 is 0. The topological polar surface area (TPSA) is 136 Å². The van der Waals surface area contributed by atoms with Crippen LogP contribution in [0.5, 0.6) is 23.0 Å². The van der Waals surface area contributed by atoms with Gasteiger partial charge >= 0.3 is 0 Å². The van der Waals surface area contributed by atoms with Crippen LogP contribution in [-0.2, 0) is 27.3 Å². The summed E-state index contributed by atoms with van der Waals surface area (Å²) in [6, 6.07) is 14.5. The third kappa shape index (κ3) is 8.08. The highest BCUT2D eigenvalue weighted by molar-refractivity contribution is 6.76. The fourth-order valence-corrected chi connectivity index (χ4v) is 8.56. The molecule has 13 nitrogen and oxygen atoms in total. The molecule has 0 spiro atoms. The molecule has 298 valence electrons. The predicted molar refractivity (Wildman–Crippen MR) is 214 cm³/mol. The average molecular weight is 785 g/mol. The number of nitrogens with zero attached hydrogens (tertiary/aromatic N) is 3. The summed E-state index contributed by atoms with van der Waals surface area (Å²) in [4.78, 5) is 59.6. The Labute approximate surface area is 329 Å². The zero-order valence-corrected chi connectivity index (χ0v) is 34.0. The molecule has 1 fully saturated rings. The molecule has 0 aliphatic carbocycles. The molecule has 3 aromatic rings. The van der Waals surface area contributed by atoms with Gasteiger partial charge in [0.1, 0.15) is 18.8 Å². The van der Waals surface area contributed by atoms with Crippen LogP contribution in [0.3, 0.4) is 0 Å². The molecule has 1 N–H and O–H groups in total. The quantitative estimate of drug-likeness (QED) is 0.143. The molecule has 2 atom stereocenters. The van der Waals surface area contributed by atoms with E-state index in [1.165, 1.54) is 14.2 Å². The van der Waals surface area contributed by atoms with Crippen LogP contribution in [0.4, 0.5) is 11.4 Å². The number of anilines is 2. The second-order valence-electron chi connectivity index (χ2n) is 16.0. The first kappa shape index (κ1) is 39.2. The van der Waals surface area contributed by atoms with E-state index < -0.39 is 20.2 Å². The van der Waals surface area contributed by atoms with Crippen LogP contribution in [-0.4, -0.2) is 101 Å². The maximum absolute atomic E-state index is 14.3. The monoisotopic (exact) mass is 784 g/mol. The highest BCUT2D eigenvalue weighted by Crippen LogP contribution is 2.41. The first-order chi connectivity index (χ1) is 27.0. The van der Waals surface area contributed by atoms with Crippen molar-refractivity contribution in [3.63, 3.8) is 0 Å². The van der Waals surface area contributed by atoms with Gasteiger partial charge < -0.3 is 38.8 Å². The lowest BCUT2D eigenvalue weighted by Crippen LogP contribution is -2.51. The summed E-state index contributed by atoms with van der Waals surface area (Å²) in [6.07, 6.45) is 4.05. The summed E-state index contributed by atoms with van der Waals surface area (Å²) in [5.41, 5.74) is 3.73. The summed E-state index contributed by atoms with van der Waals surface area (Å²) in [5.74, 6) is 0.931. The molecule has 3 aromatic carbocycles. The lowest BCUT2D eigenvalue weighted by Gasteiger charge is -2.35. The molecule has 56 heavy (non-hydrogen) atoms. The predicted octanol–water partition coefficient (Wildman–Crippen LogP) is 6.11.